The van der Waals surface area contributed by atoms with E-state index in [1.165, 1.54) is 0 Å². The third kappa shape index (κ3) is 3.44. The van der Waals surface area contributed by atoms with Crippen LogP contribution >= 0.6 is 0 Å². The van der Waals surface area contributed by atoms with Crippen LogP contribution in [-0.2, 0) is 15.7 Å². The Hall–Kier alpha value is -0.560. The second kappa shape index (κ2) is 4.44. The molecule has 0 aliphatic carbocycles. The Labute approximate surface area is 38.8 Å². The van der Waals surface area contributed by atoms with E-state index in [4.69, 9.17) is 5.26 Å². The average molecular weight is 103 g/mol. The third-order valence-corrected chi connectivity index (χ3v) is 0.456. The van der Waals surface area contributed by atoms with Crippen molar-refractivity contribution in [3.05, 3.63) is 0 Å². The van der Waals surface area contributed by atoms with Gasteiger partial charge in [-0.05, 0) is 0 Å². The lowest BCUT2D eigenvalue weighted by Gasteiger charge is -1.70. The van der Waals surface area contributed by atoms with Crippen LogP contribution in [0.5, 0.6) is 0 Å². The highest BCUT2D eigenvalue weighted by atomic mass is 32.1. The molecule has 0 fully saturated rings. The number of thiol groups is 1. The Balaban J connectivity index is 3.16. The van der Waals surface area contributed by atoms with Crippen molar-refractivity contribution in [2.45, 2.75) is 0 Å². The minimum Gasteiger partial charge on any atom is -0.447 e. The maximum atomic E-state index is 9.34. The van der Waals surface area contributed by atoms with Crippen LogP contribution in [0.2, 0.25) is 0 Å². The van der Waals surface area contributed by atoms with Gasteiger partial charge < -0.3 is 8.57 Å². The van der Waals surface area contributed by atoms with E-state index < -0.39 is 0 Å². The molecule has 0 aromatic carbocycles. The lowest BCUT2D eigenvalue weighted by Crippen LogP contribution is -1.62. The summed E-state index contributed by atoms with van der Waals surface area (Å²) in [5.74, 6) is 0. The molecular formula is C2H3N2OS-. The first kappa shape index (κ1) is 5.44. The number of nitrogens with zero attached hydrogens (tertiary/aromatic N) is 2. The van der Waals surface area contributed by atoms with Crippen LogP contribution in [0.4, 0.5) is 0 Å². The van der Waals surface area contributed by atoms with Gasteiger partial charge in [0.1, 0.15) is 6.54 Å². The van der Waals surface area contributed by atoms with Gasteiger partial charge in [-0.2, -0.15) is 5.26 Å². The molecule has 0 aliphatic heterocycles. The molecule has 0 atom stereocenters. The van der Waals surface area contributed by atoms with Crippen molar-refractivity contribution in [1.29, 1.82) is 5.26 Å². The number of hydrogen-bond donors (Lipinski definition) is 0. The third-order valence-electron chi connectivity index (χ3n) is 0.199. The maximum absolute atomic E-state index is 9.34. The lowest BCUT2D eigenvalue weighted by molar-refractivity contribution is 0.608. The second-order valence-electron chi connectivity index (χ2n) is 0.539. The molecule has 0 saturated heterocycles. The average Bonchev–Trinajstić information content (AvgIpc) is 1.61. The molecule has 0 aliphatic rings. The first-order chi connectivity index (χ1) is 2.91. The summed E-state index contributed by atoms with van der Waals surface area (Å²) in [4.78, 5) is 0. The van der Waals surface area contributed by atoms with Crippen molar-refractivity contribution in [1.82, 2.24) is 0 Å². The number of hydrogen-bond acceptors (Lipinski definition) is 4. The summed E-state index contributed by atoms with van der Waals surface area (Å²) in [7, 11) is 0. The highest BCUT2D eigenvalue weighted by molar-refractivity contribution is 7.54. The fourth-order valence-corrected chi connectivity index (χ4v) is 0.181. The molecule has 0 rings (SSSR count). The van der Waals surface area contributed by atoms with Crippen molar-refractivity contribution in [2.24, 2.45) is 4.36 Å². The molecule has 0 amide bonds. The monoisotopic (exact) mass is 103 g/mol. The van der Waals surface area contributed by atoms with E-state index in [0.29, 0.717) is 0 Å². The summed E-state index contributed by atoms with van der Waals surface area (Å²) in [5.41, 5.74) is 0. The topological polar surface area (TPSA) is 53.2 Å². The summed E-state index contributed by atoms with van der Waals surface area (Å²) >= 11 is -0.302. The van der Waals surface area contributed by atoms with Gasteiger partial charge in [0.2, 0.25) is 0 Å². The first-order valence-corrected chi connectivity index (χ1v) is 2.04. The molecular weight excluding hydrogens is 100 g/mol. The normalized spacial score (nSPS) is 6.50. The zero-order chi connectivity index (χ0) is 4.83. The van der Waals surface area contributed by atoms with E-state index >= 15 is 0 Å². The molecule has 0 aromatic heterocycles. The van der Waals surface area contributed by atoms with Gasteiger partial charge in [0.25, 0.3) is 0 Å². The molecule has 0 N–H and O–H groups in total. The van der Waals surface area contributed by atoms with Gasteiger partial charge in [-0.3, -0.25) is 0 Å². The minimum absolute atomic E-state index is 0.0189. The Morgan fingerprint density at radius 2 is 2.67 bits per heavy atom. The zero-order valence-corrected chi connectivity index (χ0v) is 3.85. The van der Waals surface area contributed by atoms with Gasteiger partial charge in [-0.1, -0.05) is 0 Å². The van der Waals surface area contributed by atoms with Crippen molar-refractivity contribution in [3.63, 3.8) is 0 Å². The quantitative estimate of drug-likeness (QED) is 0.263. The minimum atomic E-state index is -0.302. The van der Waals surface area contributed by atoms with E-state index in [1.807, 2.05) is 0 Å². The molecule has 0 unspecified atom stereocenters. The Morgan fingerprint density at radius 1 is 2.00 bits per heavy atom. The summed E-state index contributed by atoms with van der Waals surface area (Å²) in [6.45, 7) is 0.0189. The predicted molar refractivity (Wildman–Crippen MR) is 22.4 cm³/mol. The van der Waals surface area contributed by atoms with Crippen LogP contribution in [0, 0.1) is 11.3 Å². The van der Waals surface area contributed by atoms with Gasteiger partial charge in [0.15, 0.2) is 0 Å². The van der Waals surface area contributed by atoms with E-state index in [-0.39, 0.29) is 18.0 Å². The lowest BCUT2D eigenvalue weighted by atomic mass is 10.8. The number of nitriles is 1. The van der Waals surface area contributed by atoms with Crippen molar-refractivity contribution in [3.8, 4) is 6.07 Å². The van der Waals surface area contributed by atoms with Crippen molar-refractivity contribution >= 4 is 11.5 Å². The SMILES string of the molecule is N#CCN=[SH-]=O. The van der Waals surface area contributed by atoms with Crippen LogP contribution in [0.25, 0.3) is 0 Å². The standard InChI is InChI=1S/C2H3N2OS/c3-1-2-4-6-5/h6H,2H2/q-1. The highest BCUT2D eigenvalue weighted by Crippen LogP contribution is 1.56. The van der Waals surface area contributed by atoms with Crippen molar-refractivity contribution < 1.29 is 4.21 Å². The molecule has 3 nitrogen and oxygen atoms in total. The highest BCUT2D eigenvalue weighted by Gasteiger charge is 1.53. The van der Waals surface area contributed by atoms with Crippen LogP contribution in [-0.4, -0.2) is 6.54 Å². The molecule has 0 saturated carbocycles. The molecule has 0 heterocycles. The van der Waals surface area contributed by atoms with Gasteiger partial charge in [-0.15, -0.1) is 0 Å². The predicted octanol–water partition coefficient (Wildman–Crippen LogP) is -0.146. The van der Waals surface area contributed by atoms with Gasteiger partial charge in [0, 0.05) is 0 Å². The fraction of sp³-hybridized carbons (Fsp3) is 0.500. The Kier molecular flexibility index (Phi) is 4.03. The summed E-state index contributed by atoms with van der Waals surface area (Å²) in [6.07, 6.45) is 0. The van der Waals surface area contributed by atoms with Crippen LogP contribution in [0.1, 0.15) is 0 Å². The van der Waals surface area contributed by atoms with Crippen molar-refractivity contribution in [2.75, 3.05) is 6.54 Å². The molecule has 0 spiro atoms. The summed E-state index contributed by atoms with van der Waals surface area (Å²) < 4.78 is 12.5. The summed E-state index contributed by atoms with van der Waals surface area (Å²) in [5, 5.41) is 7.71. The molecule has 6 heavy (non-hydrogen) atoms. The smallest absolute Gasteiger partial charge is 0.101 e. The molecule has 0 bridgehead atoms. The maximum Gasteiger partial charge on any atom is 0.101 e. The first-order valence-electron chi connectivity index (χ1n) is 1.28. The Morgan fingerprint density at radius 3 is 2.83 bits per heavy atom. The van der Waals surface area contributed by atoms with Crippen LogP contribution in [0.15, 0.2) is 4.36 Å². The number of rotatable bonds is 1. The van der Waals surface area contributed by atoms with E-state index in [2.05, 4.69) is 4.36 Å². The molecule has 0 radical (unpaired) electrons. The van der Waals surface area contributed by atoms with E-state index in [1.54, 1.807) is 6.07 Å². The zero-order valence-electron chi connectivity index (χ0n) is 2.96. The molecule has 34 valence electrons. The van der Waals surface area contributed by atoms with Crippen LogP contribution in [0.3, 0.4) is 0 Å². The second-order valence-corrected chi connectivity index (χ2v) is 0.985. The molecule has 4 heteroatoms. The van der Waals surface area contributed by atoms with E-state index in [9.17, 15) is 4.21 Å². The van der Waals surface area contributed by atoms with E-state index in [0.717, 1.165) is 0 Å². The molecule has 0 aromatic rings. The fourth-order valence-electron chi connectivity index (χ4n) is 0.0605. The Bertz CT molecular complexity index is 109. The van der Waals surface area contributed by atoms with Gasteiger partial charge >= 0.3 is 0 Å². The van der Waals surface area contributed by atoms with Gasteiger partial charge in [-0.25, -0.2) is 11.5 Å². The largest absolute Gasteiger partial charge is 0.447 e. The van der Waals surface area contributed by atoms with Gasteiger partial charge in [0.05, 0.1) is 6.07 Å². The van der Waals surface area contributed by atoms with Crippen LogP contribution < -0.4 is 0 Å². The summed E-state index contributed by atoms with van der Waals surface area (Å²) in [6, 6.07) is 1.70.